The predicted octanol–water partition coefficient (Wildman–Crippen LogP) is 5.09. The number of carbonyl (C=O) groups excluding carboxylic acids is 1. The quantitative estimate of drug-likeness (QED) is 0.201. The number of benzene rings is 3. The summed E-state index contributed by atoms with van der Waals surface area (Å²) in [5, 5.41) is 15.1. The van der Waals surface area contributed by atoms with Crippen molar-refractivity contribution in [3.63, 3.8) is 0 Å². The number of amides is 1. The van der Waals surface area contributed by atoms with E-state index in [1.54, 1.807) is 31.4 Å². The second-order valence-electron chi connectivity index (χ2n) is 7.82. The molecule has 0 aliphatic carbocycles. The first-order valence-corrected chi connectivity index (χ1v) is 11.7. The molecule has 0 fully saturated rings. The normalized spacial score (nSPS) is 11.1. The molecule has 0 radical (unpaired) electrons. The second kappa shape index (κ2) is 12.1. The topological polar surface area (TPSA) is 88.3 Å². The van der Waals surface area contributed by atoms with Crippen LogP contribution < -0.4 is 20.1 Å². The number of nitrogens with zero attached hydrogens (tertiary/aromatic N) is 1. The number of nitrogens with one attached hydrogen (secondary N) is 3. The Balaban J connectivity index is 1.24. The number of ether oxygens (including phenoxy) is 2. The fraction of sp³-hybridized carbons (Fsp3) is 0.185. The molecule has 7 nitrogen and oxygen atoms in total. The number of aromatic nitrogens is 2. The molecule has 3 N–H and O–H groups in total. The van der Waals surface area contributed by atoms with E-state index in [0.29, 0.717) is 36.0 Å². The first-order chi connectivity index (χ1) is 17.1. The summed E-state index contributed by atoms with van der Waals surface area (Å²) in [6.07, 6.45) is 4.05. The lowest BCUT2D eigenvalue weighted by Crippen LogP contribution is -2.23. The Kier molecular flexibility index (Phi) is 8.38. The van der Waals surface area contributed by atoms with Gasteiger partial charge in [-0.05, 0) is 54.9 Å². The third-order valence-corrected chi connectivity index (χ3v) is 5.62. The second-order valence-corrected chi connectivity index (χ2v) is 8.25. The van der Waals surface area contributed by atoms with Gasteiger partial charge in [0.25, 0.3) is 0 Å². The summed E-state index contributed by atoms with van der Waals surface area (Å²) in [6.45, 7) is 2.03. The van der Waals surface area contributed by atoms with E-state index in [9.17, 15) is 4.79 Å². The zero-order valence-electron chi connectivity index (χ0n) is 19.4. The molecule has 3 aromatic carbocycles. The summed E-state index contributed by atoms with van der Waals surface area (Å²) in [5.74, 6) is 0.896. The van der Waals surface area contributed by atoms with Crippen molar-refractivity contribution < 1.29 is 14.3 Å². The molecule has 0 spiro atoms. The summed E-state index contributed by atoms with van der Waals surface area (Å²) in [5.41, 5.74) is 3.47. The molecular weight excluding hydrogens is 464 g/mol. The van der Waals surface area contributed by atoms with Crippen molar-refractivity contribution in [2.75, 3.05) is 32.1 Å². The van der Waals surface area contributed by atoms with Crippen molar-refractivity contribution in [1.82, 2.24) is 15.5 Å². The van der Waals surface area contributed by atoms with Crippen LogP contribution in [0.25, 0.3) is 17.0 Å². The number of hydrogen-bond acceptors (Lipinski definition) is 5. The summed E-state index contributed by atoms with van der Waals surface area (Å²) in [6, 6.07) is 20.9. The van der Waals surface area contributed by atoms with Gasteiger partial charge in [0.2, 0.25) is 5.91 Å². The predicted molar refractivity (Wildman–Crippen MR) is 140 cm³/mol. The molecule has 4 rings (SSSR count). The molecule has 0 aliphatic heterocycles. The average molecular weight is 491 g/mol. The van der Waals surface area contributed by atoms with Gasteiger partial charge in [0, 0.05) is 34.8 Å². The van der Waals surface area contributed by atoms with Crippen molar-refractivity contribution in [2.45, 2.75) is 6.42 Å². The summed E-state index contributed by atoms with van der Waals surface area (Å²) >= 11 is 5.91. The molecular formula is C27H27ClN4O3. The summed E-state index contributed by atoms with van der Waals surface area (Å²) in [7, 11) is 1.57. The van der Waals surface area contributed by atoms with Gasteiger partial charge in [-0.25, -0.2) is 0 Å². The van der Waals surface area contributed by atoms with Crippen molar-refractivity contribution in [1.29, 1.82) is 0 Å². The zero-order chi connectivity index (χ0) is 24.5. The van der Waals surface area contributed by atoms with E-state index in [1.165, 1.54) is 11.6 Å². The largest absolute Gasteiger partial charge is 0.493 e. The van der Waals surface area contributed by atoms with E-state index in [2.05, 4.69) is 20.8 Å². The van der Waals surface area contributed by atoms with Crippen LogP contribution in [0.5, 0.6) is 11.5 Å². The smallest absolute Gasteiger partial charge is 0.248 e. The number of hydrogen-bond donors (Lipinski definition) is 3. The molecule has 0 saturated heterocycles. The Morgan fingerprint density at radius 3 is 2.71 bits per heavy atom. The lowest BCUT2D eigenvalue weighted by atomic mass is 10.1. The van der Waals surface area contributed by atoms with Crippen LogP contribution in [0.1, 0.15) is 11.3 Å². The van der Waals surface area contributed by atoms with Crippen LogP contribution in [0.2, 0.25) is 5.02 Å². The average Bonchev–Trinajstić information content (AvgIpc) is 3.29. The Morgan fingerprint density at radius 2 is 1.89 bits per heavy atom. The van der Waals surface area contributed by atoms with Gasteiger partial charge in [-0.1, -0.05) is 41.9 Å². The van der Waals surface area contributed by atoms with Gasteiger partial charge >= 0.3 is 0 Å². The van der Waals surface area contributed by atoms with Crippen LogP contribution in [0.15, 0.2) is 72.8 Å². The molecule has 0 atom stereocenters. The highest BCUT2D eigenvalue weighted by molar-refractivity contribution is 6.30. The zero-order valence-corrected chi connectivity index (χ0v) is 20.1. The van der Waals surface area contributed by atoms with E-state index in [-0.39, 0.29) is 5.91 Å². The van der Waals surface area contributed by atoms with Crippen molar-refractivity contribution in [2.24, 2.45) is 0 Å². The molecule has 1 heterocycles. The van der Waals surface area contributed by atoms with E-state index in [0.717, 1.165) is 28.9 Å². The molecule has 4 aromatic rings. The van der Waals surface area contributed by atoms with Gasteiger partial charge in [0.05, 0.1) is 18.3 Å². The van der Waals surface area contributed by atoms with Gasteiger partial charge in [-0.2, -0.15) is 5.10 Å². The van der Waals surface area contributed by atoms with Gasteiger partial charge in [-0.3, -0.25) is 9.89 Å². The number of aromatic amines is 1. The number of para-hydroxylation sites is 1. The number of fused-ring (bicyclic) bond motifs is 1. The number of halogens is 1. The molecule has 0 saturated carbocycles. The Hall–Kier alpha value is -3.81. The van der Waals surface area contributed by atoms with Crippen molar-refractivity contribution in [3.8, 4) is 11.5 Å². The minimum atomic E-state index is -0.266. The Bertz CT molecular complexity index is 1300. The lowest BCUT2D eigenvalue weighted by Gasteiger charge is -2.13. The van der Waals surface area contributed by atoms with Crippen LogP contribution in [-0.2, 0) is 11.2 Å². The van der Waals surface area contributed by atoms with E-state index >= 15 is 0 Å². The molecule has 0 unspecified atom stereocenters. The number of H-pyrrole nitrogens is 1. The minimum absolute atomic E-state index is 0.266. The fourth-order valence-corrected chi connectivity index (χ4v) is 3.68. The van der Waals surface area contributed by atoms with Crippen LogP contribution in [0, 0.1) is 0 Å². The summed E-state index contributed by atoms with van der Waals surface area (Å²) in [4.78, 5) is 12.4. The van der Waals surface area contributed by atoms with Crippen LogP contribution in [0.3, 0.4) is 0 Å². The maximum Gasteiger partial charge on any atom is 0.248 e. The number of methoxy groups -OCH3 is 1. The molecule has 0 aliphatic rings. The highest BCUT2D eigenvalue weighted by Gasteiger charge is 2.08. The Labute approximate surface area is 209 Å². The minimum Gasteiger partial charge on any atom is -0.493 e. The summed E-state index contributed by atoms with van der Waals surface area (Å²) < 4.78 is 11.3. The maximum atomic E-state index is 12.4. The SMILES string of the molecule is COc1cc(NC(=O)/C=C/c2n[nH]c3ccccc23)ccc1OCCNCCc1ccc(Cl)cc1. The van der Waals surface area contributed by atoms with Crippen molar-refractivity contribution in [3.05, 3.63) is 89.1 Å². The number of carbonyl (C=O) groups is 1. The van der Waals surface area contributed by atoms with E-state index in [4.69, 9.17) is 21.1 Å². The molecule has 0 bridgehead atoms. The van der Waals surface area contributed by atoms with E-state index in [1.807, 2.05) is 48.5 Å². The molecule has 180 valence electrons. The standard InChI is InChI=1S/C27H27ClN4O3/c1-34-26-18-21(30-27(33)13-11-24-22-4-2-3-5-23(22)31-32-24)10-12-25(26)35-17-16-29-15-14-19-6-8-20(28)9-7-19/h2-13,18,29H,14-17H2,1H3,(H,30,33)(H,31,32)/b13-11+. The van der Waals surface area contributed by atoms with Crippen LogP contribution in [0.4, 0.5) is 5.69 Å². The highest BCUT2D eigenvalue weighted by Crippen LogP contribution is 2.30. The number of rotatable bonds is 11. The van der Waals surface area contributed by atoms with E-state index < -0.39 is 0 Å². The maximum absolute atomic E-state index is 12.4. The van der Waals surface area contributed by atoms with Gasteiger partial charge in [0.15, 0.2) is 11.5 Å². The lowest BCUT2D eigenvalue weighted by molar-refractivity contribution is -0.111. The highest BCUT2D eigenvalue weighted by atomic mass is 35.5. The molecule has 1 amide bonds. The fourth-order valence-electron chi connectivity index (χ4n) is 3.56. The first-order valence-electron chi connectivity index (χ1n) is 11.3. The van der Waals surface area contributed by atoms with Gasteiger partial charge in [0.1, 0.15) is 6.61 Å². The molecule has 1 aromatic heterocycles. The third-order valence-electron chi connectivity index (χ3n) is 5.36. The number of anilines is 1. The van der Waals surface area contributed by atoms with Gasteiger partial charge in [-0.15, -0.1) is 0 Å². The van der Waals surface area contributed by atoms with Crippen molar-refractivity contribution >= 4 is 40.2 Å². The van der Waals surface area contributed by atoms with Crippen LogP contribution in [-0.4, -0.2) is 42.9 Å². The van der Waals surface area contributed by atoms with Crippen LogP contribution >= 0.6 is 11.6 Å². The third kappa shape index (κ3) is 6.85. The van der Waals surface area contributed by atoms with Gasteiger partial charge < -0.3 is 20.1 Å². The molecule has 8 heteroatoms. The monoisotopic (exact) mass is 490 g/mol. The molecule has 35 heavy (non-hydrogen) atoms. The Morgan fingerprint density at radius 1 is 1.06 bits per heavy atom. The first kappa shape index (κ1) is 24.3.